The molecule has 5 heteroatoms. The second-order valence-electron chi connectivity index (χ2n) is 4.20. The lowest BCUT2D eigenvalue weighted by Crippen LogP contribution is -2.40. The van der Waals surface area contributed by atoms with Crippen LogP contribution in [0.2, 0.25) is 0 Å². The third-order valence-corrected chi connectivity index (χ3v) is 2.97. The van der Waals surface area contributed by atoms with E-state index in [0.717, 1.165) is 11.3 Å². The van der Waals surface area contributed by atoms with Crippen molar-refractivity contribution < 1.29 is 8.78 Å². The van der Waals surface area contributed by atoms with Gasteiger partial charge in [0.25, 0.3) is 5.92 Å². The molecule has 0 saturated carbocycles. The second-order valence-corrected chi connectivity index (χ2v) is 4.20. The standard InChI is InChI=1S/C11H15F2N3/c1-8-2-5-15-10(14)9(8)16-6-3-11(12,13)4-7-16/h2,5H,3-4,6-7H2,1H3,(H2,14,15). The highest BCUT2D eigenvalue weighted by atomic mass is 19.3. The van der Waals surface area contributed by atoms with Crippen molar-refractivity contribution in [3.63, 3.8) is 0 Å². The molecule has 88 valence electrons. The monoisotopic (exact) mass is 227 g/mol. The van der Waals surface area contributed by atoms with E-state index < -0.39 is 5.92 Å². The molecule has 0 atom stereocenters. The zero-order chi connectivity index (χ0) is 11.8. The molecule has 3 nitrogen and oxygen atoms in total. The fraction of sp³-hybridized carbons (Fsp3) is 0.545. The molecule has 0 radical (unpaired) electrons. The van der Waals surface area contributed by atoms with Gasteiger partial charge >= 0.3 is 0 Å². The van der Waals surface area contributed by atoms with Gasteiger partial charge in [-0.25, -0.2) is 13.8 Å². The number of piperidine rings is 1. The SMILES string of the molecule is Cc1ccnc(N)c1N1CCC(F)(F)CC1. The minimum Gasteiger partial charge on any atom is -0.382 e. The smallest absolute Gasteiger partial charge is 0.251 e. The maximum absolute atomic E-state index is 13.0. The lowest BCUT2D eigenvalue weighted by atomic mass is 10.1. The summed E-state index contributed by atoms with van der Waals surface area (Å²) in [7, 11) is 0. The molecule has 1 saturated heterocycles. The zero-order valence-corrected chi connectivity index (χ0v) is 9.21. The van der Waals surface area contributed by atoms with Crippen molar-refractivity contribution in [3.05, 3.63) is 17.8 Å². The van der Waals surface area contributed by atoms with Crippen molar-refractivity contribution in [2.45, 2.75) is 25.7 Å². The number of rotatable bonds is 1. The topological polar surface area (TPSA) is 42.1 Å². The van der Waals surface area contributed by atoms with Gasteiger partial charge < -0.3 is 10.6 Å². The number of aromatic nitrogens is 1. The summed E-state index contributed by atoms with van der Waals surface area (Å²) < 4.78 is 26.0. The molecule has 2 rings (SSSR count). The van der Waals surface area contributed by atoms with Gasteiger partial charge in [-0.15, -0.1) is 0 Å². The van der Waals surface area contributed by atoms with Gasteiger partial charge in [-0.1, -0.05) is 0 Å². The highest BCUT2D eigenvalue weighted by Gasteiger charge is 2.34. The van der Waals surface area contributed by atoms with Crippen molar-refractivity contribution in [2.75, 3.05) is 23.7 Å². The van der Waals surface area contributed by atoms with Crippen LogP contribution in [-0.4, -0.2) is 24.0 Å². The Morgan fingerprint density at radius 2 is 2.00 bits per heavy atom. The molecule has 1 aromatic rings. The normalized spacial score (nSPS) is 19.8. The first kappa shape index (κ1) is 11.1. The molecule has 0 bridgehead atoms. The summed E-state index contributed by atoms with van der Waals surface area (Å²) in [6, 6.07) is 1.85. The van der Waals surface area contributed by atoms with E-state index in [4.69, 9.17) is 5.73 Å². The minimum atomic E-state index is -2.53. The van der Waals surface area contributed by atoms with Gasteiger partial charge in [0, 0.05) is 32.1 Å². The van der Waals surface area contributed by atoms with Crippen LogP contribution in [-0.2, 0) is 0 Å². The minimum absolute atomic E-state index is 0.110. The first-order valence-corrected chi connectivity index (χ1v) is 5.33. The van der Waals surface area contributed by atoms with Gasteiger partial charge in [0.15, 0.2) is 0 Å². The molecular formula is C11H15F2N3. The van der Waals surface area contributed by atoms with Crippen LogP contribution in [0, 0.1) is 6.92 Å². The van der Waals surface area contributed by atoms with Gasteiger partial charge in [0.1, 0.15) is 5.82 Å². The molecule has 1 aliphatic rings. The van der Waals surface area contributed by atoms with Crippen LogP contribution < -0.4 is 10.6 Å². The fourth-order valence-corrected chi connectivity index (χ4v) is 2.04. The maximum Gasteiger partial charge on any atom is 0.251 e. The number of alkyl halides is 2. The van der Waals surface area contributed by atoms with Crippen molar-refractivity contribution in [1.82, 2.24) is 4.98 Å². The van der Waals surface area contributed by atoms with Crippen molar-refractivity contribution >= 4 is 11.5 Å². The van der Waals surface area contributed by atoms with Gasteiger partial charge in [-0.3, -0.25) is 0 Å². The van der Waals surface area contributed by atoms with Crippen LogP contribution >= 0.6 is 0 Å². The number of nitrogen functional groups attached to an aromatic ring is 1. The van der Waals surface area contributed by atoms with E-state index in [1.165, 1.54) is 0 Å². The maximum atomic E-state index is 13.0. The van der Waals surface area contributed by atoms with Crippen molar-refractivity contribution in [3.8, 4) is 0 Å². The Labute approximate surface area is 93.3 Å². The molecule has 16 heavy (non-hydrogen) atoms. The number of hydrogen-bond donors (Lipinski definition) is 1. The van der Waals surface area contributed by atoms with E-state index in [-0.39, 0.29) is 12.8 Å². The van der Waals surface area contributed by atoms with Gasteiger partial charge in [-0.2, -0.15) is 0 Å². The van der Waals surface area contributed by atoms with Gasteiger partial charge in [0.05, 0.1) is 5.69 Å². The molecule has 0 spiro atoms. The van der Waals surface area contributed by atoms with E-state index in [1.54, 1.807) is 6.20 Å². The Morgan fingerprint density at radius 3 is 2.56 bits per heavy atom. The average molecular weight is 227 g/mol. The van der Waals surface area contributed by atoms with Crippen LogP contribution in [0.25, 0.3) is 0 Å². The summed E-state index contributed by atoms with van der Waals surface area (Å²) in [5.74, 6) is -2.10. The van der Waals surface area contributed by atoms with Crippen LogP contribution in [0.5, 0.6) is 0 Å². The Hall–Kier alpha value is -1.39. The van der Waals surface area contributed by atoms with Gasteiger partial charge in [-0.05, 0) is 18.6 Å². The van der Waals surface area contributed by atoms with E-state index in [0.29, 0.717) is 18.9 Å². The summed E-state index contributed by atoms with van der Waals surface area (Å²) in [5, 5.41) is 0. The number of hydrogen-bond acceptors (Lipinski definition) is 3. The number of nitrogens with two attached hydrogens (primary N) is 1. The fourth-order valence-electron chi connectivity index (χ4n) is 2.04. The van der Waals surface area contributed by atoms with E-state index in [9.17, 15) is 8.78 Å². The number of anilines is 2. The predicted octanol–water partition coefficient (Wildman–Crippen LogP) is 2.21. The highest BCUT2D eigenvalue weighted by Crippen LogP contribution is 2.33. The molecule has 0 aromatic carbocycles. The highest BCUT2D eigenvalue weighted by molar-refractivity contribution is 5.67. The van der Waals surface area contributed by atoms with Crippen molar-refractivity contribution in [2.24, 2.45) is 0 Å². The Morgan fingerprint density at radius 1 is 1.38 bits per heavy atom. The zero-order valence-electron chi connectivity index (χ0n) is 9.21. The average Bonchev–Trinajstić information content (AvgIpc) is 2.20. The molecule has 0 aliphatic carbocycles. The summed E-state index contributed by atoms with van der Waals surface area (Å²) in [5.41, 5.74) is 7.57. The van der Waals surface area contributed by atoms with E-state index >= 15 is 0 Å². The Balaban J connectivity index is 2.20. The van der Waals surface area contributed by atoms with Crippen LogP contribution in [0.15, 0.2) is 12.3 Å². The molecule has 1 aliphatic heterocycles. The molecule has 1 fully saturated rings. The van der Waals surface area contributed by atoms with E-state index in [2.05, 4.69) is 4.98 Å². The Kier molecular flexibility index (Phi) is 2.69. The third kappa shape index (κ3) is 2.08. The number of nitrogens with zero attached hydrogens (tertiary/aromatic N) is 2. The molecular weight excluding hydrogens is 212 g/mol. The molecule has 0 unspecified atom stereocenters. The van der Waals surface area contributed by atoms with E-state index in [1.807, 2.05) is 17.9 Å². The quantitative estimate of drug-likeness (QED) is 0.799. The molecule has 2 N–H and O–H groups in total. The molecule has 2 heterocycles. The first-order chi connectivity index (χ1) is 7.49. The summed E-state index contributed by atoms with van der Waals surface area (Å²) in [6.07, 6.45) is 1.41. The first-order valence-electron chi connectivity index (χ1n) is 5.33. The number of aryl methyl sites for hydroxylation is 1. The second kappa shape index (κ2) is 3.88. The van der Waals surface area contributed by atoms with Crippen molar-refractivity contribution in [1.29, 1.82) is 0 Å². The van der Waals surface area contributed by atoms with Gasteiger partial charge in [0.2, 0.25) is 0 Å². The Bertz CT molecular complexity index is 363. The lowest BCUT2D eigenvalue weighted by molar-refractivity contribution is -0.0220. The number of pyridine rings is 1. The summed E-state index contributed by atoms with van der Waals surface area (Å²) >= 11 is 0. The third-order valence-electron chi connectivity index (χ3n) is 2.97. The lowest BCUT2D eigenvalue weighted by Gasteiger charge is -2.34. The summed E-state index contributed by atoms with van der Waals surface area (Å²) in [4.78, 5) is 5.90. The summed E-state index contributed by atoms with van der Waals surface area (Å²) in [6.45, 7) is 2.59. The molecule has 0 amide bonds. The predicted molar refractivity (Wildman–Crippen MR) is 59.8 cm³/mol. The molecule has 1 aromatic heterocycles. The largest absolute Gasteiger partial charge is 0.382 e. The van der Waals surface area contributed by atoms with Crippen LogP contribution in [0.4, 0.5) is 20.3 Å². The number of halogens is 2. The van der Waals surface area contributed by atoms with Crippen LogP contribution in [0.3, 0.4) is 0 Å². The van der Waals surface area contributed by atoms with Crippen LogP contribution in [0.1, 0.15) is 18.4 Å².